The number of aryl methyl sites for hydroxylation is 1. The van der Waals surface area contributed by atoms with E-state index in [1.807, 2.05) is 46.3 Å². The number of carbonyl (C=O) groups excluding carboxylic acids is 1. The minimum Gasteiger partial charge on any atom is -0.332 e. The van der Waals surface area contributed by atoms with Crippen molar-refractivity contribution in [3.05, 3.63) is 59.4 Å². The largest absolute Gasteiger partial charge is 0.332 e. The molecule has 1 N–H and O–H groups in total. The van der Waals surface area contributed by atoms with Crippen molar-refractivity contribution in [2.75, 3.05) is 5.32 Å². The number of ketones is 1. The monoisotopic (exact) mass is 443 g/mol. The maximum atomic E-state index is 11.4. The Balaban J connectivity index is 0.00000210. The number of imidazole rings is 1. The van der Waals surface area contributed by atoms with Gasteiger partial charge < -0.3 is 5.32 Å². The van der Waals surface area contributed by atoms with Crippen molar-refractivity contribution >= 4 is 50.7 Å². The summed E-state index contributed by atoms with van der Waals surface area (Å²) in [5, 5.41) is 6.09. The van der Waals surface area contributed by atoms with Crippen LogP contribution in [0.2, 0.25) is 0 Å². The third kappa shape index (κ3) is 3.77. The normalized spacial score (nSPS) is 10.6. The number of thiazole rings is 1. The highest BCUT2D eigenvalue weighted by Crippen LogP contribution is 2.30. The van der Waals surface area contributed by atoms with Crippen LogP contribution in [-0.4, -0.2) is 25.1 Å². The Morgan fingerprint density at radius 1 is 1.22 bits per heavy atom. The Morgan fingerprint density at radius 3 is 2.70 bits per heavy atom. The lowest BCUT2D eigenvalue weighted by Crippen LogP contribution is -1.95. The van der Waals surface area contributed by atoms with Gasteiger partial charge in [0.15, 0.2) is 10.9 Å². The van der Waals surface area contributed by atoms with Crippen molar-refractivity contribution in [1.29, 1.82) is 0 Å². The van der Waals surface area contributed by atoms with Crippen LogP contribution in [0.15, 0.2) is 48.1 Å². The van der Waals surface area contributed by atoms with E-state index in [4.69, 9.17) is 4.98 Å². The van der Waals surface area contributed by atoms with Gasteiger partial charge in [0.25, 0.3) is 0 Å². The van der Waals surface area contributed by atoms with E-state index in [2.05, 4.69) is 22.2 Å². The standard InChI is InChI=1S/C19H17N5OS.BrH/c1-3-15-17(24-10-4-9-20-18(24)22-15)16-11-26-19(23-16)21-14-7-5-13(6-8-14)12(2)25;/h4-11H,3H2,1-2H3,(H,21,23);1H. The predicted molar refractivity (Wildman–Crippen MR) is 114 cm³/mol. The Hall–Kier alpha value is -2.58. The van der Waals surface area contributed by atoms with Crippen LogP contribution in [0.3, 0.4) is 0 Å². The number of nitrogens with one attached hydrogen (secondary N) is 1. The number of benzene rings is 1. The molecule has 27 heavy (non-hydrogen) atoms. The molecule has 0 aliphatic rings. The van der Waals surface area contributed by atoms with E-state index in [9.17, 15) is 4.79 Å². The topological polar surface area (TPSA) is 72.2 Å². The number of anilines is 2. The summed E-state index contributed by atoms with van der Waals surface area (Å²) in [5.74, 6) is 0.739. The van der Waals surface area contributed by atoms with Crippen molar-refractivity contribution in [2.24, 2.45) is 0 Å². The molecule has 0 bridgehead atoms. The van der Waals surface area contributed by atoms with Crippen LogP contribution in [0.1, 0.15) is 29.9 Å². The zero-order valence-electron chi connectivity index (χ0n) is 14.8. The van der Waals surface area contributed by atoms with Gasteiger partial charge in [0.1, 0.15) is 5.69 Å². The number of aromatic nitrogens is 4. The SMILES string of the molecule is Br.CCc1nc2ncccn2c1-c1csc(Nc2ccc(C(C)=O)cc2)n1. The van der Waals surface area contributed by atoms with E-state index in [0.717, 1.165) is 34.3 Å². The first kappa shape index (κ1) is 19.2. The van der Waals surface area contributed by atoms with Crippen LogP contribution in [0.25, 0.3) is 17.2 Å². The highest BCUT2D eigenvalue weighted by molar-refractivity contribution is 8.93. The van der Waals surface area contributed by atoms with E-state index in [1.165, 1.54) is 11.3 Å². The molecule has 0 aliphatic heterocycles. The predicted octanol–water partition coefficient (Wildman–Crippen LogP) is 4.94. The van der Waals surface area contributed by atoms with Gasteiger partial charge >= 0.3 is 0 Å². The van der Waals surface area contributed by atoms with Crippen molar-refractivity contribution < 1.29 is 4.79 Å². The lowest BCUT2D eigenvalue weighted by Gasteiger charge is -2.03. The first-order valence-corrected chi connectivity index (χ1v) is 9.19. The molecule has 0 saturated carbocycles. The van der Waals surface area contributed by atoms with E-state index in [1.54, 1.807) is 13.1 Å². The second kappa shape index (κ2) is 7.98. The fourth-order valence-corrected chi connectivity index (χ4v) is 3.52. The second-order valence-electron chi connectivity index (χ2n) is 5.85. The number of halogens is 1. The molecule has 4 rings (SSSR count). The number of hydrogen-bond acceptors (Lipinski definition) is 6. The second-order valence-corrected chi connectivity index (χ2v) is 6.70. The molecule has 6 nitrogen and oxygen atoms in total. The summed E-state index contributed by atoms with van der Waals surface area (Å²) in [5.41, 5.74) is 4.42. The summed E-state index contributed by atoms with van der Waals surface area (Å²) in [4.78, 5) is 25.0. The Bertz CT molecular complexity index is 1090. The molecule has 0 atom stereocenters. The van der Waals surface area contributed by atoms with Gasteiger partial charge in [0.05, 0.1) is 11.4 Å². The van der Waals surface area contributed by atoms with Gasteiger partial charge in [-0.05, 0) is 43.7 Å². The minimum absolute atomic E-state index is 0. The number of fused-ring (bicyclic) bond motifs is 1. The highest BCUT2D eigenvalue weighted by Gasteiger charge is 2.16. The minimum atomic E-state index is 0. The maximum absolute atomic E-state index is 11.4. The van der Waals surface area contributed by atoms with Crippen molar-refractivity contribution in [1.82, 2.24) is 19.4 Å². The molecule has 1 aromatic carbocycles. The lowest BCUT2D eigenvalue weighted by atomic mass is 10.1. The van der Waals surface area contributed by atoms with Gasteiger partial charge in [-0.1, -0.05) is 6.92 Å². The van der Waals surface area contributed by atoms with Crippen molar-refractivity contribution in [3.63, 3.8) is 0 Å². The average molecular weight is 444 g/mol. The van der Waals surface area contributed by atoms with Crippen molar-refractivity contribution in [2.45, 2.75) is 20.3 Å². The molecule has 0 fully saturated rings. The summed E-state index contributed by atoms with van der Waals surface area (Å²) >= 11 is 1.53. The van der Waals surface area contributed by atoms with Crippen LogP contribution >= 0.6 is 28.3 Å². The Labute approximate surface area is 171 Å². The molecule has 0 aliphatic carbocycles. The molecule has 0 spiro atoms. The summed E-state index contributed by atoms with van der Waals surface area (Å²) < 4.78 is 1.97. The third-order valence-corrected chi connectivity index (χ3v) is 4.86. The summed E-state index contributed by atoms with van der Waals surface area (Å²) in [6.07, 6.45) is 4.51. The lowest BCUT2D eigenvalue weighted by molar-refractivity contribution is 0.101. The molecular weight excluding hydrogens is 426 g/mol. The molecule has 138 valence electrons. The zero-order valence-corrected chi connectivity index (χ0v) is 17.4. The Morgan fingerprint density at radius 2 is 2.00 bits per heavy atom. The first-order chi connectivity index (χ1) is 12.7. The number of rotatable bonds is 5. The van der Waals surface area contributed by atoms with Gasteiger partial charge in [-0.25, -0.2) is 15.0 Å². The van der Waals surface area contributed by atoms with Gasteiger partial charge in [0, 0.05) is 29.0 Å². The van der Waals surface area contributed by atoms with Crippen LogP contribution in [0.4, 0.5) is 10.8 Å². The first-order valence-electron chi connectivity index (χ1n) is 8.31. The number of Topliss-reactive ketones (excluding diaryl/α,β-unsaturated/α-hetero) is 1. The fraction of sp³-hybridized carbons (Fsp3) is 0.158. The molecular formula is C19H18BrN5OS. The molecule has 0 unspecified atom stereocenters. The summed E-state index contributed by atoms with van der Waals surface area (Å²) in [7, 11) is 0. The van der Waals surface area contributed by atoms with E-state index < -0.39 is 0 Å². The van der Waals surface area contributed by atoms with Gasteiger partial charge in [-0.15, -0.1) is 28.3 Å². The summed E-state index contributed by atoms with van der Waals surface area (Å²) in [6.45, 7) is 3.64. The zero-order chi connectivity index (χ0) is 18.1. The van der Waals surface area contributed by atoms with Gasteiger partial charge in [-0.2, -0.15) is 0 Å². The number of hydrogen-bond donors (Lipinski definition) is 1. The fourth-order valence-electron chi connectivity index (χ4n) is 2.80. The van der Waals surface area contributed by atoms with Crippen LogP contribution < -0.4 is 5.32 Å². The average Bonchev–Trinajstić information content (AvgIpc) is 3.25. The Kier molecular flexibility index (Phi) is 5.67. The van der Waals surface area contributed by atoms with E-state index in [0.29, 0.717) is 11.3 Å². The molecule has 0 amide bonds. The molecule has 8 heteroatoms. The smallest absolute Gasteiger partial charge is 0.234 e. The quantitative estimate of drug-likeness (QED) is 0.442. The van der Waals surface area contributed by atoms with Crippen LogP contribution in [0.5, 0.6) is 0 Å². The molecule has 0 radical (unpaired) electrons. The van der Waals surface area contributed by atoms with E-state index >= 15 is 0 Å². The number of carbonyl (C=O) groups is 1. The van der Waals surface area contributed by atoms with Crippen LogP contribution in [0, 0.1) is 0 Å². The van der Waals surface area contributed by atoms with Crippen molar-refractivity contribution in [3.8, 4) is 11.4 Å². The highest BCUT2D eigenvalue weighted by atomic mass is 79.9. The van der Waals surface area contributed by atoms with Gasteiger partial charge in [0.2, 0.25) is 5.78 Å². The summed E-state index contributed by atoms with van der Waals surface area (Å²) in [6, 6.07) is 9.27. The molecule has 3 aromatic heterocycles. The van der Waals surface area contributed by atoms with Crippen LogP contribution in [-0.2, 0) is 6.42 Å². The third-order valence-electron chi connectivity index (χ3n) is 4.10. The molecule has 4 aromatic rings. The van der Waals surface area contributed by atoms with E-state index in [-0.39, 0.29) is 22.8 Å². The molecule has 3 heterocycles. The number of nitrogens with zero attached hydrogens (tertiary/aromatic N) is 4. The van der Waals surface area contributed by atoms with Gasteiger partial charge in [-0.3, -0.25) is 9.20 Å². The maximum Gasteiger partial charge on any atom is 0.234 e. The molecule has 0 saturated heterocycles.